The predicted octanol–water partition coefficient (Wildman–Crippen LogP) is 0.976. The molecule has 9 nitrogen and oxygen atoms in total. The van der Waals surface area contributed by atoms with Gasteiger partial charge in [-0.05, 0) is 30.9 Å². The summed E-state index contributed by atoms with van der Waals surface area (Å²) in [6.45, 7) is 4.49. The van der Waals surface area contributed by atoms with Gasteiger partial charge in [-0.1, -0.05) is 0 Å². The molecule has 0 radical (unpaired) electrons. The van der Waals surface area contributed by atoms with Crippen molar-refractivity contribution >= 4 is 26.9 Å². The highest BCUT2D eigenvalue weighted by molar-refractivity contribution is 7.89. The van der Waals surface area contributed by atoms with Crippen molar-refractivity contribution in [3.63, 3.8) is 0 Å². The minimum atomic E-state index is -3.64. The Morgan fingerprint density at radius 1 is 1.18 bits per heavy atom. The fraction of sp³-hybridized carbons (Fsp3) is 0.389. The molecule has 2 atom stereocenters. The molecule has 0 saturated carbocycles. The van der Waals surface area contributed by atoms with Crippen molar-refractivity contribution in [1.29, 1.82) is 0 Å². The number of rotatable bonds is 3. The van der Waals surface area contributed by atoms with Crippen molar-refractivity contribution in [3.8, 4) is 0 Å². The predicted molar refractivity (Wildman–Crippen MR) is 102 cm³/mol. The molecule has 2 saturated heterocycles. The molecule has 10 heteroatoms. The summed E-state index contributed by atoms with van der Waals surface area (Å²) in [6.07, 6.45) is 3.34. The number of oxazole rings is 1. The molecule has 3 aromatic rings. The first-order valence-corrected chi connectivity index (χ1v) is 10.5. The summed E-state index contributed by atoms with van der Waals surface area (Å²) in [5.41, 5.74) is 1.75. The van der Waals surface area contributed by atoms with Crippen LogP contribution in [0.1, 0.15) is 5.56 Å². The van der Waals surface area contributed by atoms with E-state index in [-0.39, 0.29) is 22.3 Å². The Balaban J connectivity index is 1.36. The number of benzene rings is 1. The lowest BCUT2D eigenvalue weighted by molar-refractivity contribution is 0.453. The van der Waals surface area contributed by atoms with Crippen molar-refractivity contribution in [3.05, 3.63) is 46.8 Å². The summed E-state index contributed by atoms with van der Waals surface area (Å²) in [7, 11) is -3.64. The molecule has 2 fully saturated rings. The molecule has 4 heterocycles. The Morgan fingerprint density at radius 3 is 2.64 bits per heavy atom. The number of hydrogen-bond donors (Lipinski definition) is 1. The summed E-state index contributed by atoms with van der Waals surface area (Å²) < 4.78 is 32.7. The summed E-state index contributed by atoms with van der Waals surface area (Å²) in [5, 5.41) is 0. The van der Waals surface area contributed by atoms with Gasteiger partial charge in [0.15, 0.2) is 5.58 Å². The second kappa shape index (κ2) is 6.14. The summed E-state index contributed by atoms with van der Waals surface area (Å²) in [4.78, 5) is 24.6. The number of aryl methyl sites for hydroxylation is 1. The van der Waals surface area contributed by atoms with Gasteiger partial charge in [0, 0.05) is 44.0 Å². The first-order valence-electron chi connectivity index (χ1n) is 9.06. The van der Waals surface area contributed by atoms with E-state index in [0.717, 1.165) is 24.5 Å². The van der Waals surface area contributed by atoms with Crippen LogP contribution in [0.25, 0.3) is 11.1 Å². The zero-order valence-corrected chi connectivity index (χ0v) is 16.0. The Labute approximate surface area is 161 Å². The summed E-state index contributed by atoms with van der Waals surface area (Å²) >= 11 is 0. The molecule has 5 rings (SSSR count). The van der Waals surface area contributed by atoms with Crippen LogP contribution in [0.4, 0.5) is 5.82 Å². The number of aromatic amines is 1. The Hall–Kier alpha value is -2.72. The standard InChI is InChI=1S/C18H19N5O4S/c1-11-5-19-10-20-17(11)22-6-12-8-23(9-13(12)7-22)28(25,26)14-2-3-15-16(4-14)27-18(24)21-15/h2-5,10,12-13H,6-9H2,1H3,(H,21,24). The van der Waals surface area contributed by atoms with E-state index in [2.05, 4.69) is 19.9 Å². The van der Waals surface area contributed by atoms with Crippen LogP contribution in [0.2, 0.25) is 0 Å². The number of aromatic nitrogens is 3. The molecule has 0 amide bonds. The van der Waals surface area contributed by atoms with Gasteiger partial charge >= 0.3 is 5.76 Å². The normalized spacial score (nSPS) is 22.8. The van der Waals surface area contributed by atoms with Crippen LogP contribution in [0, 0.1) is 18.8 Å². The van der Waals surface area contributed by atoms with Crippen molar-refractivity contribution in [2.24, 2.45) is 11.8 Å². The third-order valence-electron chi connectivity index (χ3n) is 5.65. The van der Waals surface area contributed by atoms with E-state index in [9.17, 15) is 13.2 Å². The number of nitrogens with one attached hydrogen (secondary N) is 1. The van der Waals surface area contributed by atoms with E-state index in [4.69, 9.17) is 4.42 Å². The molecule has 1 N–H and O–H groups in total. The van der Waals surface area contributed by atoms with Crippen LogP contribution >= 0.6 is 0 Å². The monoisotopic (exact) mass is 401 g/mol. The third-order valence-corrected chi connectivity index (χ3v) is 7.48. The smallest absolute Gasteiger partial charge is 0.408 e. The molecule has 146 valence electrons. The number of hydrogen-bond acceptors (Lipinski definition) is 7. The highest BCUT2D eigenvalue weighted by Gasteiger charge is 2.44. The van der Waals surface area contributed by atoms with E-state index >= 15 is 0 Å². The average molecular weight is 401 g/mol. The number of anilines is 1. The zero-order valence-electron chi connectivity index (χ0n) is 15.2. The molecule has 28 heavy (non-hydrogen) atoms. The first kappa shape index (κ1) is 17.4. The van der Waals surface area contributed by atoms with E-state index in [0.29, 0.717) is 18.6 Å². The third kappa shape index (κ3) is 2.71. The topological polar surface area (TPSA) is 112 Å². The van der Waals surface area contributed by atoms with E-state index in [1.165, 1.54) is 12.1 Å². The molecule has 2 aliphatic heterocycles. The molecule has 1 aromatic carbocycles. The SMILES string of the molecule is Cc1cncnc1N1CC2CN(S(=O)(=O)c3ccc4[nH]c(=O)oc4c3)CC2C1. The number of nitrogens with zero attached hydrogens (tertiary/aromatic N) is 4. The Morgan fingerprint density at radius 2 is 1.93 bits per heavy atom. The minimum absolute atomic E-state index is 0.145. The van der Waals surface area contributed by atoms with Crippen LogP contribution < -0.4 is 10.7 Å². The quantitative estimate of drug-likeness (QED) is 0.696. The molecule has 0 spiro atoms. The fourth-order valence-corrected chi connectivity index (χ4v) is 5.85. The largest absolute Gasteiger partial charge is 0.417 e. The van der Waals surface area contributed by atoms with Crippen molar-refractivity contribution in [2.75, 3.05) is 31.1 Å². The van der Waals surface area contributed by atoms with Gasteiger partial charge in [-0.2, -0.15) is 4.31 Å². The summed E-state index contributed by atoms with van der Waals surface area (Å²) in [6, 6.07) is 4.48. The molecular weight excluding hydrogens is 382 g/mol. The van der Waals surface area contributed by atoms with Crippen LogP contribution in [0.5, 0.6) is 0 Å². The molecule has 2 aliphatic rings. The maximum absolute atomic E-state index is 13.1. The van der Waals surface area contributed by atoms with Gasteiger partial charge in [0.2, 0.25) is 10.0 Å². The van der Waals surface area contributed by atoms with E-state index in [1.54, 1.807) is 22.9 Å². The van der Waals surface area contributed by atoms with Gasteiger partial charge in [0.1, 0.15) is 12.1 Å². The Kier molecular flexibility index (Phi) is 3.81. The van der Waals surface area contributed by atoms with Gasteiger partial charge in [-0.15, -0.1) is 0 Å². The first-order chi connectivity index (χ1) is 13.4. The summed E-state index contributed by atoms with van der Waals surface area (Å²) in [5.74, 6) is 0.850. The average Bonchev–Trinajstić information content (AvgIpc) is 3.33. The minimum Gasteiger partial charge on any atom is -0.408 e. The number of sulfonamides is 1. The lowest BCUT2D eigenvalue weighted by atomic mass is 10.0. The number of fused-ring (bicyclic) bond motifs is 2. The van der Waals surface area contributed by atoms with Crippen LogP contribution in [-0.4, -0.2) is 53.9 Å². The highest BCUT2D eigenvalue weighted by Crippen LogP contribution is 2.36. The second-order valence-corrected chi connectivity index (χ2v) is 9.39. The lowest BCUT2D eigenvalue weighted by Crippen LogP contribution is -2.33. The van der Waals surface area contributed by atoms with Gasteiger partial charge in [-0.3, -0.25) is 4.98 Å². The van der Waals surface area contributed by atoms with Crippen molar-refractivity contribution in [2.45, 2.75) is 11.8 Å². The van der Waals surface area contributed by atoms with Gasteiger partial charge < -0.3 is 9.32 Å². The van der Waals surface area contributed by atoms with Crippen LogP contribution in [0.3, 0.4) is 0 Å². The van der Waals surface area contributed by atoms with Gasteiger partial charge in [-0.25, -0.2) is 23.2 Å². The van der Waals surface area contributed by atoms with Crippen LogP contribution in [0.15, 0.2) is 44.8 Å². The second-order valence-electron chi connectivity index (χ2n) is 7.45. The molecule has 2 unspecified atom stereocenters. The van der Waals surface area contributed by atoms with Crippen molar-refractivity contribution < 1.29 is 12.8 Å². The maximum Gasteiger partial charge on any atom is 0.417 e. The lowest BCUT2D eigenvalue weighted by Gasteiger charge is -2.23. The van der Waals surface area contributed by atoms with Gasteiger partial charge in [0.05, 0.1) is 10.4 Å². The fourth-order valence-electron chi connectivity index (χ4n) is 4.28. The molecule has 2 aromatic heterocycles. The number of H-pyrrole nitrogens is 1. The highest BCUT2D eigenvalue weighted by atomic mass is 32.2. The maximum atomic E-state index is 13.1. The van der Waals surface area contributed by atoms with Crippen molar-refractivity contribution in [1.82, 2.24) is 19.3 Å². The van der Waals surface area contributed by atoms with E-state index < -0.39 is 15.8 Å². The Bertz CT molecular complexity index is 1200. The molecule has 0 aliphatic carbocycles. The molecule has 0 bridgehead atoms. The van der Waals surface area contributed by atoms with Crippen LogP contribution in [-0.2, 0) is 10.0 Å². The van der Waals surface area contributed by atoms with E-state index in [1.807, 2.05) is 6.92 Å². The van der Waals surface area contributed by atoms with Gasteiger partial charge in [0.25, 0.3) is 0 Å². The zero-order chi connectivity index (χ0) is 19.5. The molecular formula is C18H19N5O4S.